The van der Waals surface area contributed by atoms with E-state index < -0.39 is 0 Å². The number of hydrogen-bond acceptors (Lipinski definition) is 4. The Morgan fingerprint density at radius 3 is 2.52 bits per heavy atom. The highest BCUT2D eigenvalue weighted by Crippen LogP contribution is 2.25. The van der Waals surface area contributed by atoms with E-state index in [0.717, 1.165) is 58.1 Å². The Morgan fingerprint density at radius 2 is 1.76 bits per heavy atom. The number of rotatable bonds is 8. The maximum Gasteiger partial charge on any atom is 0.137 e. The van der Waals surface area contributed by atoms with Gasteiger partial charge in [0.1, 0.15) is 17.3 Å². The summed E-state index contributed by atoms with van der Waals surface area (Å²) in [5.41, 5.74) is 0.523. The normalized spacial score (nSPS) is 16.4. The first-order chi connectivity index (χ1) is 12.3. The monoisotopic (exact) mass is 346 g/mol. The summed E-state index contributed by atoms with van der Waals surface area (Å²) in [4.78, 5) is 4.91. The van der Waals surface area contributed by atoms with Gasteiger partial charge in [-0.1, -0.05) is 12.1 Å². The predicted octanol–water partition coefficient (Wildman–Crippen LogP) is 3.63. The number of ether oxygens (including phenoxy) is 1. The van der Waals surface area contributed by atoms with Crippen LogP contribution in [0.3, 0.4) is 0 Å². The zero-order chi connectivity index (χ0) is 17.5. The van der Waals surface area contributed by atoms with Crippen LogP contribution in [-0.4, -0.2) is 56.2 Å². The molecule has 1 aromatic carbocycles. The number of nitrogens with zero attached hydrogens (tertiary/aromatic N) is 2. The minimum atomic E-state index is -0.245. The molecule has 0 radical (unpaired) electrons. The third kappa shape index (κ3) is 5.14. The van der Waals surface area contributed by atoms with Crippen LogP contribution in [0.5, 0.6) is 0 Å². The Hall–Kier alpha value is -1.69. The zero-order valence-corrected chi connectivity index (χ0v) is 14.9. The van der Waals surface area contributed by atoms with Gasteiger partial charge in [0.15, 0.2) is 0 Å². The fourth-order valence-electron chi connectivity index (χ4n) is 3.24. The van der Waals surface area contributed by atoms with Gasteiger partial charge >= 0.3 is 0 Å². The molecule has 2 heterocycles. The largest absolute Gasteiger partial charge is 0.460 e. The van der Waals surface area contributed by atoms with Gasteiger partial charge in [0.05, 0.1) is 12.1 Å². The first-order valence-corrected chi connectivity index (χ1v) is 9.03. The standard InChI is InChI=1S/C20H27FN2O2/c1-24-15-5-4-10-22-11-13-23(14-12-22)16-17-8-9-20(25-17)18-6-2-3-7-19(18)21/h2-3,6-9H,4-5,10-16H2,1H3. The van der Waals surface area contributed by atoms with Gasteiger partial charge in [-0.25, -0.2) is 4.39 Å². The third-order valence-electron chi connectivity index (χ3n) is 4.72. The molecule has 136 valence electrons. The summed E-state index contributed by atoms with van der Waals surface area (Å²) in [5, 5.41) is 0. The molecule has 1 saturated heterocycles. The van der Waals surface area contributed by atoms with Gasteiger partial charge < -0.3 is 14.1 Å². The highest BCUT2D eigenvalue weighted by molar-refractivity contribution is 5.58. The van der Waals surface area contributed by atoms with Gasteiger partial charge in [-0.2, -0.15) is 0 Å². The summed E-state index contributed by atoms with van der Waals surface area (Å²) in [5.74, 6) is 1.25. The maximum atomic E-state index is 13.9. The fourth-order valence-corrected chi connectivity index (χ4v) is 3.24. The number of piperazine rings is 1. The summed E-state index contributed by atoms with van der Waals surface area (Å²) >= 11 is 0. The van der Waals surface area contributed by atoms with E-state index in [0.29, 0.717) is 11.3 Å². The van der Waals surface area contributed by atoms with Gasteiger partial charge in [0.2, 0.25) is 0 Å². The SMILES string of the molecule is COCCCCN1CCN(Cc2ccc(-c3ccccc3F)o2)CC1. The van der Waals surface area contributed by atoms with Crippen molar-refractivity contribution in [1.82, 2.24) is 9.80 Å². The molecule has 0 atom stereocenters. The second kappa shape index (κ2) is 9.13. The van der Waals surface area contributed by atoms with Crippen LogP contribution in [0.15, 0.2) is 40.8 Å². The topological polar surface area (TPSA) is 28.9 Å². The van der Waals surface area contributed by atoms with Gasteiger partial charge in [0, 0.05) is 39.9 Å². The van der Waals surface area contributed by atoms with Crippen LogP contribution in [0.4, 0.5) is 4.39 Å². The van der Waals surface area contributed by atoms with Gasteiger partial charge in [-0.05, 0) is 43.7 Å². The lowest BCUT2D eigenvalue weighted by Gasteiger charge is -2.34. The van der Waals surface area contributed by atoms with Crippen molar-refractivity contribution in [2.75, 3.05) is 46.4 Å². The molecule has 1 aromatic heterocycles. The van der Waals surface area contributed by atoms with Crippen LogP contribution in [0.25, 0.3) is 11.3 Å². The lowest BCUT2D eigenvalue weighted by molar-refractivity contribution is 0.116. The highest BCUT2D eigenvalue weighted by atomic mass is 19.1. The molecular formula is C20H27FN2O2. The van der Waals surface area contributed by atoms with Crippen LogP contribution in [0.2, 0.25) is 0 Å². The minimum absolute atomic E-state index is 0.245. The molecule has 25 heavy (non-hydrogen) atoms. The second-order valence-corrected chi connectivity index (χ2v) is 6.56. The molecule has 4 nitrogen and oxygen atoms in total. The Morgan fingerprint density at radius 1 is 1.00 bits per heavy atom. The Balaban J connectivity index is 1.46. The van der Waals surface area contributed by atoms with E-state index in [-0.39, 0.29) is 5.82 Å². The predicted molar refractivity (Wildman–Crippen MR) is 96.9 cm³/mol. The lowest BCUT2D eigenvalue weighted by Crippen LogP contribution is -2.46. The van der Waals surface area contributed by atoms with Crippen molar-refractivity contribution in [3.05, 3.63) is 48.0 Å². The average molecular weight is 346 g/mol. The van der Waals surface area contributed by atoms with E-state index >= 15 is 0 Å². The fraction of sp³-hybridized carbons (Fsp3) is 0.500. The molecule has 0 amide bonds. The van der Waals surface area contributed by atoms with E-state index in [1.807, 2.05) is 18.2 Å². The number of halogens is 1. The molecular weight excluding hydrogens is 319 g/mol. The van der Waals surface area contributed by atoms with Crippen molar-refractivity contribution in [2.24, 2.45) is 0 Å². The average Bonchev–Trinajstić information content (AvgIpc) is 3.09. The first-order valence-electron chi connectivity index (χ1n) is 9.03. The van der Waals surface area contributed by atoms with Gasteiger partial charge in [0.25, 0.3) is 0 Å². The maximum absolute atomic E-state index is 13.9. The molecule has 0 bridgehead atoms. The Labute approximate surface area is 149 Å². The van der Waals surface area contributed by atoms with Gasteiger partial charge in [-0.15, -0.1) is 0 Å². The summed E-state index contributed by atoms with van der Waals surface area (Å²) in [6.07, 6.45) is 2.32. The van der Waals surface area contributed by atoms with Crippen molar-refractivity contribution in [1.29, 1.82) is 0 Å². The van der Waals surface area contributed by atoms with Crippen LogP contribution < -0.4 is 0 Å². The molecule has 5 heteroatoms. The molecule has 3 rings (SSSR count). The van der Waals surface area contributed by atoms with Crippen molar-refractivity contribution in [2.45, 2.75) is 19.4 Å². The smallest absolute Gasteiger partial charge is 0.137 e. The lowest BCUT2D eigenvalue weighted by atomic mass is 10.1. The second-order valence-electron chi connectivity index (χ2n) is 6.56. The van der Waals surface area contributed by atoms with Crippen molar-refractivity contribution in [3.8, 4) is 11.3 Å². The molecule has 1 fully saturated rings. The number of hydrogen-bond donors (Lipinski definition) is 0. The molecule has 0 saturated carbocycles. The van der Waals surface area contributed by atoms with E-state index in [1.165, 1.54) is 12.5 Å². The summed E-state index contributed by atoms with van der Waals surface area (Å²) < 4.78 is 24.8. The van der Waals surface area contributed by atoms with E-state index in [2.05, 4.69) is 9.80 Å². The summed E-state index contributed by atoms with van der Waals surface area (Å²) in [6, 6.07) is 10.5. The van der Waals surface area contributed by atoms with Crippen LogP contribution in [0, 0.1) is 5.82 Å². The zero-order valence-electron chi connectivity index (χ0n) is 14.9. The number of unbranched alkanes of at least 4 members (excludes halogenated alkanes) is 1. The first kappa shape index (κ1) is 18.1. The molecule has 0 N–H and O–H groups in total. The summed E-state index contributed by atoms with van der Waals surface area (Å²) in [7, 11) is 1.75. The van der Waals surface area contributed by atoms with Crippen molar-refractivity contribution in [3.63, 3.8) is 0 Å². The molecule has 1 aliphatic rings. The number of methoxy groups -OCH3 is 1. The molecule has 0 aliphatic carbocycles. The van der Waals surface area contributed by atoms with Crippen LogP contribution in [-0.2, 0) is 11.3 Å². The third-order valence-corrected chi connectivity index (χ3v) is 4.72. The summed E-state index contributed by atoms with van der Waals surface area (Å²) in [6.45, 7) is 7.05. The van der Waals surface area contributed by atoms with E-state index in [4.69, 9.17) is 9.15 Å². The van der Waals surface area contributed by atoms with Crippen LogP contribution in [0.1, 0.15) is 18.6 Å². The van der Waals surface area contributed by atoms with Crippen LogP contribution >= 0.6 is 0 Å². The van der Waals surface area contributed by atoms with Crippen molar-refractivity contribution >= 4 is 0 Å². The van der Waals surface area contributed by atoms with E-state index in [1.54, 1.807) is 19.2 Å². The molecule has 0 unspecified atom stereocenters. The Kier molecular flexibility index (Phi) is 6.62. The highest BCUT2D eigenvalue weighted by Gasteiger charge is 2.18. The number of benzene rings is 1. The molecule has 1 aliphatic heterocycles. The quantitative estimate of drug-likeness (QED) is 0.683. The van der Waals surface area contributed by atoms with Crippen molar-refractivity contribution < 1.29 is 13.5 Å². The number of furan rings is 1. The molecule has 2 aromatic rings. The molecule has 0 spiro atoms. The van der Waals surface area contributed by atoms with Gasteiger partial charge in [-0.3, -0.25) is 4.90 Å². The van der Waals surface area contributed by atoms with E-state index in [9.17, 15) is 4.39 Å². The Bertz CT molecular complexity index is 651. The minimum Gasteiger partial charge on any atom is -0.460 e.